The van der Waals surface area contributed by atoms with Crippen molar-refractivity contribution >= 4 is 40.2 Å². The van der Waals surface area contributed by atoms with Gasteiger partial charge in [-0.05, 0) is 49.2 Å². The van der Waals surface area contributed by atoms with Crippen molar-refractivity contribution in [3.8, 4) is 11.8 Å². The minimum absolute atomic E-state index is 0.0737. The lowest BCUT2D eigenvalue weighted by molar-refractivity contribution is 0.0706. The fourth-order valence-electron chi connectivity index (χ4n) is 3.75. The van der Waals surface area contributed by atoms with Crippen molar-refractivity contribution in [2.45, 2.75) is 18.9 Å². The molecule has 0 saturated carbocycles. The lowest BCUT2D eigenvalue weighted by atomic mass is 10.0. The molecule has 1 aliphatic rings. The van der Waals surface area contributed by atoms with E-state index in [1.807, 2.05) is 12.1 Å². The zero-order valence-corrected chi connectivity index (χ0v) is 17.9. The molecule has 1 fully saturated rings. The molecule has 8 heteroatoms. The molecule has 2 heterocycles. The zero-order chi connectivity index (χ0) is 22.7. The number of benzene rings is 2. The van der Waals surface area contributed by atoms with E-state index in [9.17, 15) is 9.59 Å². The number of carbonyl (C=O) groups is 2. The minimum Gasteiger partial charge on any atom is -0.465 e. The third kappa shape index (κ3) is 4.76. The Morgan fingerprint density at radius 2 is 1.84 bits per heavy atom. The molecule has 0 radical (unpaired) electrons. The number of hydrogen-bond acceptors (Lipinski definition) is 4. The summed E-state index contributed by atoms with van der Waals surface area (Å²) in [6, 6.07) is 12.4. The number of piperidine rings is 1. The Bertz CT molecular complexity index is 1230. The fraction of sp³-hybridized carbons (Fsp3) is 0.208. The van der Waals surface area contributed by atoms with E-state index in [4.69, 9.17) is 22.4 Å². The van der Waals surface area contributed by atoms with Crippen LogP contribution in [0.5, 0.6) is 0 Å². The van der Waals surface area contributed by atoms with Crippen LogP contribution < -0.4 is 11.1 Å². The van der Waals surface area contributed by atoms with E-state index in [1.54, 1.807) is 41.4 Å². The Hall–Kier alpha value is -3.76. The van der Waals surface area contributed by atoms with Gasteiger partial charge >= 0.3 is 6.09 Å². The second kappa shape index (κ2) is 9.16. The number of anilines is 1. The van der Waals surface area contributed by atoms with Crippen LogP contribution in [0, 0.1) is 11.8 Å². The first kappa shape index (κ1) is 21.5. The van der Waals surface area contributed by atoms with Crippen LogP contribution in [0.2, 0.25) is 5.02 Å². The lowest BCUT2D eigenvalue weighted by Crippen LogP contribution is -2.46. The highest BCUT2D eigenvalue weighted by atomic mass is 35.5. The smallest absolute Gasteiger partial charge is 0.404 e. The highest BCUT2D eigenvalue weighted by molar-refractivity contribution is 6.31. The first-order valence-electron chi connectivity index (χ1n) is 10.2. The molecule has 2 aromatic carbocycles. The number of pyridine rings is 1. The summed E-state index contributed by atoms with van der Waals surface area (Å²) in [6.45, 7) is 1.03. The van der Waals surface area contributed by atoms with Crippen LogP contribution in [0.4, 0.5) is 10.6 Å². The van der Waals surface area contributed by atoms with Gasteiger partial charge in [-0.25, -0.2) is 9.78 Å². The molecule has 0 atom stereocenters. The molecule has 0 spiro atoms. The van der Waals surface area contributed by atoms with Crippen LogP contribution in [0.15, 0.2) is 48.7 Å². The molecule has 4 rings (SSSR count). The summed E-state index contributed by atoms with van der Waals surface area (Å²) in [7, 11) is 0. The molecule has 0 unspecified atom stereocenters. The van der Waals surface area contributed by atoms with Crippen LogP contribution in [-0.2, 0) is 0 Å². The van der Waals surface area contributed by atoms with Crippen LogP contribution in [0.1, 0.15) is 34.3 Å². The van der Waals surface area contributed by atoms with Gasteiger partial charge in [0.25, 0.3) is 5.91 Å². The van der Waals surface area contributed by atoms with E-state index in [0.717, 1.165) is 16.3 Å². The van der Waals surface area contributed by atoms with Crippen molar-refractivity contribution in [1.29, 1.82) is 0 Å². The van der Waals surface area contributed by atoms with Gasteiger partial charge in [0, 0.05) is 52.3 Å². The van der Waals surface area contributed by atoms with Gasteiger partial charge in [-0.2, -0.15) is 0 Å². The number of fused-ring (bicyclic) bond motifs is 1. The molecular formula is C24H21ClN4O3. The fourth-order valence-corrected chi connectivity index (χ4v) is 3.92. The molecule has 7 nitrogen and oxygen atoms in total. The molecular weight excluding hydrogens is 428 g/mol. The van der Waals surface area contributed by atoms with E-state index in [-0.39, 0.29) is 11.9 Å². The molecule has 0 aliphatic carbocycles. The van der Waals surface area contributed by atoms with E-state index >= 15 is 0 Å². The summed E-state index contributed by atoms with van der Waals surface area (Å²) >= 11 is 6.13. The number of likely N-dealkylation sites (tertiary alicyclic amines) is 1. The van der Waals surface area contributed by atoms with Crippen molar-refractivity contribution in [1.82, 2.24) is 15.2 Å². The molecule has 1 aliphatic heterocycles. The lowest BCUT2D eigenvalue weighted by Gasteiger charge is -2.31. The molecule has 2 amide bonds. The summed E-state index contributed by atoms with van der Waals surface area (Å²) in [5.41, 5.74) is 7.96. The number of carbonyl (C=O) groups excluding carboxylic acids is 1. The number of halogens is 1. The second-order valence-corrected chi connectivity index (χ2v) is 8.03. The van der Waals surface area contributed by atoms with Crippen molar-refractivity contribution in [2.24, 2.45) is 0 Å². The number of nitrogen functional groups attached to an aromatic ring is 1. The molecule has 1 aromatic heterocycles. The molecule has 0 bridgehead atoms. The number of hydrogen-bond donors (Lipinski definition) is 3. The molecule has 162 valence electrons. The topological polar surface area (TPSA) is 109 Å². The minimum atomic E-state index is -1.03. The largest absolute Gasteiger partial charge is 0.465 e. The maximum absolute atomic E-state index is 12.8. The second-order valence-electron chi connectivity index (χ2n) is 7.59. The number of rotatable bonds is 2. The summed E-state index contributed by atoms with van der Waals surface area (Å²) < 4.78 is 0. The Labute approximate surface area is 190 Å². The van der Waals surface area contributed by atoms with Crippen LogP contribution in [0.3, 0.4) is 0 Å². The van der Waals surface area contributed by atoms with Gasteiger partial charge in [0.2, 0.25) is 0 Å². The summed E-state index contributed by atoms with van der Waals surface area (Å²) in [5.74, 6) is 6.43. The monoisotopic (exact) mass is 448 g/mol. The van der Waals surface area contributed by atoms with Gasteiger partial charge < -0.3 is 21.1 Å². The van der Waals surface area contributed by atoms with Crippen LogP contribution in [-0.4, -0.2) is 46.1 Å². The van der Waals surface area contributed by atoms with Gasteiger partial charge in [0.05, 0.1) is 5.56 Å². The number of nitrogens with zero attached hydrogens (tertiary/aromatic N) is 2. The Balaban J connectivity index is 1.48. The average Bonchev–Trinajstić information content (AvgIpc) is 2.78. The Morgan fingerprint density at radius 3 is 2.53 bits per heavy atom. The molecule has 32 heavy (non-hydrogen) atoms. The molecule has 3 aromatic rings. The molecule has 1 saturated heterocycles. The van der Waals surface area contributed by atoms with Gasteiger partial charge in [-0.3, -0.25) is 4.79 Å². The summed E-state index contributed by atoms with van der Waals surface area (Å²) in [4.78, 5) is 29.5. The van der Waals surface area contributed by atoms with Gasteiger partial charge in [0.15, 0.2) is 0 Å². The van der Waals surface area contributed by atoms with E-state index in [0.29, 0.717) is 47.9 Å². The number of nitrogens with two attached hydrogens (primary N) is 1. The number of aromatic nitrogens is 1. The van der Waals surface area contributed by atoms with Crippen LogP contribution >= 0.6 is 11.6 Å². The average molecular weight is 449 g/mol. The van der Waals surface area contributed by atoms with Gasteiger partial charge in [0.1, 0.15) is 5.82 Å². The van der Waals surface area contributed by atoms with E-state index < -0.39 is 6.09 Å². The van der Waals surface area contributed by atoms with E-state index in [2.05, 4.69) is 22.1 Å². The first-order valence-corrected chi connectivity index (χ1v) is 10.5. The molecule has 4 N–H and O–H groups in total. The maximum Gasteiger partial charge on any atom is 0.404 e. The van der Waals surface area contributed by atoms with Crippen LogP contribution in [0.25, 0.3) is 10.8 Å². The summed E-state index contributed by atoms with van der Waals surface area (Å²) in [6.07, 6.45) is 1.86. The van der Waals surface area contributed by atoms with Crippen molar-refractivity contribution in [2.75, 3.05) is 18.8 Å². The Kier molecular flexibility index (Phi) is 6.15. The predicted octanol–water partition coefficient (Wildman–Crippen LogP) is 3.74. The number of nitrogens with one attached hydrogen (secondary N) is 1. The SMILES string of the molecule is Nc1ncc2ccc(Cl)cc2c1C#Cc1ccc(C(=O)N2CCC(NC(=O)O)CC2)cc1. The third-order valence-corrected chi connectivity index (χ3v) is 5.69. The normalized spacial score (nSPS) is 14.0. The maximum atomic E-state index is 12.8. The standard InChI is InChI=1S/C24H21ClN4O3/c25-18-7-6-17-14-27-22(26)20(21(17)13-18)8-3-15-1-4-16(5-2-15)23(30)29-11-9-19(10-12-29)28-24(31)32/h1-2,4-7,13-14,19,28H,9-12H2,(H2,26,27)(H,31,32). The quantitative estimate of drug-likeness (QED) is 0.517. The van der Waals surface area contributed by atoms with Crippen molar-refractivity contribution in [3.63, 3.8) is 0 Å². The first-order chi connectivity index (χ1) is 15.4. The van der Waals surface area contributed by atoms with E-state index in [1.165, 1.54) is 0 Å². The van der Waals surface area contributed by atoms with Crippen molar-refractivity contribution in [3.05, 3.63) is 70.4 Å². The number of amides is 2. The summed E-state index contributed by atoms with van der Waals surface area (Å²) in [5, 5.41) is 13.6. The van der Waals surface area contributed by atoms with Crippen molar-refractivity contribution < 1.29 is 14.7 Å². The van der Waals surface area contributed by atoms with Gasteiger partial charge in [-0.15, -0.1) is 0 Å². The predicted molar refractivity (Wildman–Crippen MR) is 124 cm³/mol. The van der Waals surface area contributed by atoms with Gasteiger partial charge in [-0.1, -0.05) is 29.5 Å². The highest BCUT2D eigenvalue weighted by Crippen LogP contribution is 2.25. The zero-order valence-electron chi connectivity index (χ0n) is 17.1. The highest BCUT2D eigenvalue weighted by Gasteiger charge is 2.24. The third-order valence-electron chi connectivity index (χ3n) is 5.46. The Morgan fingerprint density at radius 1 is 1.12 bits per heavy atom. The number of carboxylic acid groups (broad SMARTS) is 1.